The molecule has 4 aromatic rings. The van der Waals surface area contributed by atoms with Crippen molar-refractivity contribution in [1.82, 2.24) is 0 Å². The minimum atomic E-state index is -4.08. The van der Waals surface area contributed by atoms with E-state index >= 15 is 0 Å². The number of aryl methyl sites for hydroxylation is 3. The van der Waals surface area contributed by atoms with Crippen molar-refractivity contribution in [1.29, 1.82) is 0 Å². The smallest absolute Gasteiger partial charge is 0.265 e. The predicted molar refractivity (Wildman–Crippen MR) is 177 cm³/mol. The van der Waals surface area contributed by atoms with E-state index in [9.17, 15) is 25.9 Å². The number of nitrogens with zero attached hydrogens (tertiary/aromatic N) is 2. The van der Waals surface area contributed by atoms with E-state index in [0.717, 1.165) is 59.2 Å². The van der Waals surface area contributed by atoms with E-state index in [0.29, 0.717) is 13.1 Å². The van der Waals surface area contributed by atoms with Gasteiger partial charge in [0, 0.05) is 23.9 Å². The molecule has 0 radical (unpaired) electrons. The third-order valence-corrected chi connectivity index (χ3v) is 11.4. The van der Waals surface area contributed by atoms with Gasteiger partial charge in [-0.25, -0.2) is 0 Å². The average molecular weight is 660 g/mol. The lowest BCUT2D eigenvalue weighted by Gasteiger charge is -2.21. The quantitative estimate of drug-likeness (QED) is 0.134. The molecule has 2 heterocycles. The highest BCUT2D eigenvalue weighted by atomic mass is 32.2. The first-order valence-corrected chi connectivity index (χ1v) is 18.9. The van der Waals surface area contributed by atoms with E-state index in [1.807, 2.05) is 12.1 Å². The van der Waals surface area contributed by atoms with Crippen molar-refractivity contribution in [2.75, 3.05) is 23.0 Å². The van der Waals surface area contributed by atoms with Gasteiger partial charge >= 0.3 is 0 Å². The summed E-state index contributed by atoms with van der Waals surface area (Å²) in [6.07, 6.45) is 5.56. The Labute approximate surface area is 261 Å². The molecule has 0 bridgehead atoms. The average Bonchev–Trinajstić information content (AvgIpc) is 3.44. The Balaban J connectivity index is 1.58. The van der Waals surface area contributed by atoms with Crippen molar-refractivity contribution < 1.29 is 30.5 Å². The molecule has 0 fully saturated rings. The molecule has 0 amide bonds. The van der Waals surface area contributed by atoms with Crippen LogP contribution in [0, 0.1) is 13.8 Å². The van der Waals surface area contributed by atoms with Crippen molar-refractivity contribution in [3.63, 3.8) is 0 Å². The summed E-state index contributed by atoms with van der Waals surface area (Å²) >= 11 is 3.28. The van der Waals surface area contributed by atoms with Crippen LogP contribution in [0.1, 0.15) is 42.3 Å². The normalized spacial score (nSPS) is 15.2. The maximum Gasteiger partial charge on any atom is 0.265 e. The molecule has 1 aromatic heterocycles. The highest BCUT2D eigenvalue weighted by Crippen LogP contribution is 2.47. The topological polar surface area (TPSA) is 116 Å². The van der Waals surface area contributed by atoms with E-state index in [1.165, 1.54) is 5.56 Å². The van der Waals surface area contributed by atoms with E-state index < -0.39 is 20.2 Å². The number of aromatic nitrogens is 1. The minimum absolute atomic E-state index is 0.271. The highest BCUT2D eigenvalue weighted by molar-refractivity contribution is 8.03. The number of benzene rings is 3. The van der Waals surface area contributed by atoms with Gasteiger partial charge in [0.15, 0.2) is 6.54 Å². The molecular formula is C31H35N2O6S4+. The van der Waals surface area contributed by atoms with Gasteiger partial charge in [-0.05, 0) is 79.1 Å². The summed E-state index contributed by atoms with van der Waals surface area (Å²) in [6.45, 7) is 7.08. The molecular weight excluding hydrogens is 625 g/mol. The van der Waals surface area contributed by atoms with Gasteiger partial charge < -0.3 is 4.90 Å². The molecule has 1 aliphatic rings. The third kappa shape index (κ3) is 7.50. The number of hydrogen-bond acceptors (Lipinski definition) is 7. The minimum Gasteiger partial charge on any atom is -0.335 e. The van der Waals surface area contributed by atoms with E-state index in [-0.39, 0.29) is 24.3 Å². The zero-order valence-electron chi connectivity index (χ0n) is 24.3. The van der Waals surface area contributed by atoms with Gasteiger partial charge in [0.1, 0.15) is 4.70 Å². The van der Waals surface area contributed by atoms with Gasteiger partial charge in [0.2, 0.25) is 5.52 Å². The van der Waals surface area contributed by atoms with Crippen LogP contribution in [0.25, 0.3) is 27.1 Å². The number of allylic oxidation sites excluding steroid dienone is 2. The summed E-state index contributed by atoms with van der Waals surface area (Å²) in [6, 6.07) is 16.6. The number of thioether (sulfide) groups is 1. The Hall–Kier alpha value is -2.74. The fourth-order valence-corrected chi connectivity index (χ4v) is 8.68. The molecule has 228 valence electrons. The summed E-state index contributed by atoms with van der Waals surface area (Å²) in [5.74, 6) is -0.625. The molecule has 3 aromatic carbocycles. The Morgan fingerprint density at radius 3 is 2.37 bits per heavy atom. The SMILES string of the molecule is CCC(/C=C1\Sc2cc(C)c(C)cc2N1CCCS(=O)(=O)O)=C\c1sc2ccc3ccccc3c2[n+]1CCCS(=O)(=O)O. The fourth-order valence-electron chi connectivity index (χ4n) is 5.27. The Kier molecular flexibility index (Phi) is 9.36. The molecule has 0 unspecified atom stereocenters. The second-order valence-corrected chi connectivity index (χ2v) is 16.0. The highest BCUT2D eigenvalue weighted by Gasteiger charge is 2.27. The molecule has 2 N–H and O–H groups in total. The summed E-state index contributed by atoms with van der Waals surface area (Å²) in [4.78, 5) is 3.23. The molecule has 5 rings (SSSR count). The van der Waals surface area contributed by atoms with Crippen LogP contribution in [0.15, 0.2) is 70.1 Å². The van der Waals surface area contributed by atoms with Crippen LogP contribution in [-0.4, -0.2) is 44.0 Å². The van der Waals surface area contributed by atoms with Crippen LogP contribution in [0.5, 0.6) is 0 Å². The zero-order chi connectivity index (χ0) is 30.9. The first-order valence-electron chi connectivity index (χ1n) is 14.1. The zero-order valence-corrected chi connectivity index (χ0v) is 27.5. The lowest BCUT2D eigenvalue weighted by Crippen LogP contribution is -2.36. The van der Waals surface area contributed by atoms with Crippen molar-refractivity contribution in [3.8, 4) is 0 Å². The number of anilines is 1. The second kappa shape index (κ2) is 12.7. The Morgan fingerprint density at radius 2 is 1.65 bits per heavy atom. The molecule has 0 saturated heterocycles. The molecule has 0 atom stereocenters. The van der Waals surface area contributed by atoms with Crippen molar-refractivity contribution in [2.45, 2.75) is 51.5 Å². The van der Waals surface area contributed by atoms with Gasteiger partial charge in [-0.2, -0.15) is 21.4 Å². The maximum absolute atomic E-state index is 11.5. The van der Waals surface area contributed by atoms with Crippen molar-refractivity contribution in [2.24, 2.45) is 0 Å². The molecule has 1 aliphatic heterocycles. The first kappa shape index (κ1) is 31.7. The summed E-state index contributed by atoms with van der Waals surface area (Å²) in [5.41, 5.74) is 5.45. The van der Waals surface area contributed by atoms with E-state index in [4.69, 9.17) is 0 Å². The van der Waals surface area contributed by atoms with Crippen LogP contribution in [0.4, 0.5) is 5.69 Å². The fraction of sp³-hybridized carbons (Fsp3) is 0.323. The summed E-state index contributed by atoms with van der Waals surface area (Å²) in [5, 5.41) is 4.13. The largest absolute Gasteiger partial charge is 0.335 e. The lowest BCUT2D eigenvalue weighted by molar-refractivity contribution is -0.667. The van der Waals surface area contributed by atoms with Gasteiger partial charge in [0.05, 0.1) is 27.6 Å². The maximum atomic E-state index is 11.5. The van der Waals surface area contributed by atoms with Crippen molar-refractivity contribution >= 4 is 76.1 Å². The summed E-state index contributed by atoms with van der Waals surface area (Å²) in [7, 11) is -8.14. The number of thiazole rings is 1. The predicted octanol–water partition coefficient (Wildman–Crippen LogP) is 6.76. The van der Waals surface area contributed by atoms with Gasteiger partial charge in [-0.1, -0.05) is 54.3 Å². The first-order chi connectivity index (χ1) is 20.3. The molecule has 8 nitrogen and oxygen atoms in total. The van der Waals surface area contributed by atoms with Gasteiger partial charge in [-0.3, -0.25) is 9.11 Å². The van der Waals surface area contributed by atoms with Gasteiger partial charge in [-0.15, -0.1) is 0 Å². The lowest BCUT2D eigenvalue weighted by atomic mass is 10.1. The number of rotatable bonds is 11. The van der Waals surface area contributed by atoms with E-state index in [1.54, 1.807) is 23.1 Å². The van der Waals surface area contributed by atoms with Crippen LogP contribution in [0.2, 0.25) is 0 Å². The molecule has 43 heavy (non-hydrogen) atoms. The Morgan fingerprint density at radius 1 is 0.953 bits per heavy atom. The van der Waals surface area contributed by atoms with Crippen LogP contribution < -0.4 is 9.47 Å². The molecule has 0 saturated carbocycles. The molecule has 0 aliphatic carbocycles. The standard InChI is InChI=1S/C31H34N2O6S4/c1-4-23(19-29-32(13-7-15-42(34,35)36)26-17-21(2)22(3)18-28(26)41-29)20-30-33(14-8-16-43(37,38)39)31-25-10-6-5-9-24(25)11-12-27(31)40-30/h5-6,9-12,17-20H,4,7-8,13-16H2,1-3H3,(H-,34,35,36,37,38,39)/p+1. The van der Waals surface area contributed by atoms with Gasteiger partial charge in [0.25, 0.3) is 25.2 Å². The van der Waals surface area contributed by atoms with Crippen LogP contribution in [-0.2, 0) is 26.8 Å². The monoisotopic (exact) mass is 659 g/mol. The third-order valence-electron chi connectivity index (χ3n) is 7.55. The number of hydrogen-bond donors (Lipinski definition) is 2. The van der Waals surface area contributed by atoms with Crippen molar-refractivity contribution in [3.05, 3.63) is 81.3 Å². The number of fused-ring (bicyclic) bond motifs is 4. The Bertz CT molecular complexity index is 1980. The van der Waals surface area contributed by atoms with Crippen LogP contribution in [0.3, 0.4) is 0 Å². The second-order valence-electron chi connectivity index (χ2n) is 10.7. The molecule has 12 heteroatoms. The van der Waals surface area contributed by atoms with Crippen LogP contribution >= 0.6 is 23.1 Å². The molecule has 0 spiro atoms. The van der Waals surface area contributed by atoms with E-state index in [2.05, 4.69) is 78.8 Å². The summed E-state index contributed by atoms with van der Waals surface area (Å²) < 4.78 is 67.8.